The van der Waals surface area contributed by atoms with Crippen molar-refractivity contribution >= 4 is 28.0 Å². The molecule has 0 aliphatic carbocycles. The Morgan fingerprint density at radius 1 is 1.18 bits per heavy atom. The number of aliphatic hydroxyl groups excluding tert-OH is 4. The van der Waals surface area contributed by atoms with Crippen LogP contribution in [0.3, 0.4) is 0 Å². The van der Waals surface area contributed by atoms with Crippen LogP contribution in [0, 0.1) is 0 Å². The van der Waals surface area contributed by atoms with Gasteiger partial charge in [0.05, 0.1) is 13.7 Å². The lowest BCUT2D eigenvalue weighted by atomic mass is 10.0. The van der Waals surface area contributed by atoms with Gasteiger partial charge in [-0.25, -0.2) is 0 Å². The molecule has 5 atom stereocenters. The number of hydrogen-bond acceptors (Lipinski definition) is 12. The van der Waals surface area contributed by atoms with Gasteiger partial charge in [0.15, 0.2) is 0 Å². The highest BCUT2D eigenvalue weighted by Crippen LogP contribution is 2.36. The fourth-order valence-electron chi connectivity index (χ4n) is 2.44. The van der Waals surface area contributed by atoms with Crippen molar-refractivity contribution in [3.05, 3.63) is 29.8 Å². The predicted molar refractivity (Wildman–Crippen MR) is 102 cm³/mol. The number of hydrogen-bond donors (Lipinski definition) is 7. The zero-order valence-electron chi connectivity index (χ0n) is 14.7. The van der Waals surface area contributed by atoms with Crippen LogP contribution in [0.5, 0.6) is 5.75 Å². The molecule has 1 aliphatic heterocycles. The average molecular weight is 441 g/mol. The summed E-state index contributed by atoms with van der Waals surface area (Å²) in [6.45, 7) is -0.599. The zero-order valence-corrected chi connectivity index (χ0v) is 16.4. The summed E-state index contributed by atoms with van der Waals surface area (Å²) in [6.07, 6.45) is -5.69. The summed E-state index contributed by atoms with van der Waals surface area (Å²) >= 11 is -3.61. The lowest BCUT2D eigenvalue weighted by Crippen LogP contribution is -2.57. The molecule has 0 bridgehead atoms. The third-order valence-corrected chi connectivity index (χ3v) is 5.22. The molecule has 28 heavy (non-hydrogen) atoms. The zero-order chi connectivity index (χ0) is 20.9. The van der Waals surface area contributed by atoms with E-state index in [2.05, 4.69) is 9.44 Å². The standard InChI is InChI=1S/C15H23NO10S2/c1-24-9-4-2-3-8(5-9)6-11(16-26-28(21,22)23)27-15-14(20)13(19)12(18)10(7-17)25-15/h2-5,10,12-15,17-23H,6-7H2,1H3. The van der Waals surface area contributed by atoms with Crippen LogP contribution in [0.4, 0.5) is 0 Å². The molecule has 1 aliphatic rings. The van der Waals surface area contributed by atoms with Crippen molar-refractivity contribution in [2.75, 3.05) is 13.7 Å². The molecule has 1 aromatic rings. The van der Waals surface area contributed by atoms with Gasteiger partial charge in [-0.2, -0.15) is 0 Å². The van der Waals surface area contributed by atoms with Gasteiger partial charge in [-0.05, 0) is 17.7 Å². The van der Waals surface area contributed by atoms with E-state index in [1.807, 2.05) is 0 Å². The Balaban J connectivity index is 2.21. The van der Waals surface area contributed by atoms with Crippen molar-refractivity contribution in [2.45, 2.75) is 36.3 Å². The Morgan fingerprint density at radius 3 is 2.50 bits per heavy atom. The molecule has 11 nitrogen and oxygen atoms in total. The Labute approximate surface area is 166 Å². The van der Waals surface area contributed by atoms with Crippen LogP contribution in [0.25, 0.3) is 0 Å². The SMILES string of the molecule is COc1cccc(CC(=NOS(O)(O)O)SC2OC(CO)C(O)C(O)C2O)c1. The molecule has 5 unspecified atom stereocenters. The minimum atomic E-state index is -4.37. The maximum Gasteiger partial charge on any atom is 0.287 e. The molecular weight excluding hydrogens is 418 g/mol. The van der Waals surface area contributed by atoms with Gasteiger partial charge in [-0.3, -0.25) is 17.9 Å². The monoisotopic (exact) mass is 441 g/mol. The van der Waals surface area contributed by atoms with Crippen LogP contribution >= 0.6 is 22.9 Å². The van der Waals surface area contributed by atoms with Crippen LogP contribution < -0.4 is 4.74 Å². The molecule has 2 rings (SSSR count). The highest BCUT2D eigenvalue weighted by Gasteiger charge is 2.44. The first-order valence-corrected chi connectivity index (χ1v) is 10.3. The second-order valence-electron chi connectivity index (χ2n) is 5.87. The number of benzene rings is 1. The summed E-state index contributed by atoms with van der Waals surface area (Å²) < 4.78 is 41.7. The first-order chi connectivity index (χ1) is 13.1. The van der Waals surface area contributed by atoms with E-state index < -0.39 is 47.6 Å². The molecule has 0 amide bonds. The summed E-state index contributed by atoms with van der Waals surface area (Å²) in [5.41, 5.74) is -0.489. The third kappa shape index (κ3) is 6.45. The number of ether oxygens (including phenoxy) is 2. The Kier molecular flexibility index (Phi) is 8.32. The Bertz CT molecular complexity index is 668. The third-order valence-electron chi connectivity index (χ3n) is 3.83. The second-order valence-corrected chi connectivity index (χ2v) is 8.13. The van der Waals surface area contributed by atoms with Gasteiger partial charge in [-0.1, -0.05) is 29.1 Å². The van der Waals surface area contributed by atoms with E-state index in [4.69, 9.17) is 23.1 Å². The first kappa shape index (κ1) is 23.2. The van der Waals surface area contributed by atoms with Gasteiger partial charge >= 0.3 is 0 Å². The van der Waals surface area contributed by atoms with E-state index in [9.17, 15) is 20.4 Å². The van der Waals surface area contributed by atoms with Crippen molar-refractivity contribution in [1.29, 1.82) is 0 Å². The van der Waals surface area contributed by atoms with E-state index in [1.54, 1.807) is 24.3 Å². The van der Waals surface area contributed by atoms with Crippen molar-refractivity contribution < 1.29 is 47.8 Å². The quantitative estimate of drug-likeness (QED) is 0.175. The highest BCUT2D eigenvalue weighted by molar-refractivity contribution is 8.15. The summed E-state index contributed by atoms with van der Waals surface area (Å²) in [7, 11) is 1.49. The molecule has 160 valence electrons. The van der Waals surface area contributed by atoms with Crippen LogP contribution in [0.15, 0.2) is 29.4 Å². The van der Waals surface area contributed by atoms with Crippen molar-refractivity contribution in [1.82, 2.24) is 0 Å². The molecule has 1 saturated heterocycles. The summed E-state index contributed by atoms with van der Waals surface area (Å²) in [5.74, 6) is 0.557. The van der Waals surface area contributed by atoms with Crippen LogP contribution in [-0.4, -0.2) is 82.7 Å². The normalized spacial score (nSPS) is 29.4. The maximum atomic E-state index is 10.2. The molecule has 7 N–H and O–H groups in total. The van der Waals surface area contributed by atoms with Gasteiger partial charge in [0, 0.05) is 6.42 Å². The lowest BCUT2D eigenvalue weighted by molar-refractivity contribution is -0.205. The first-order valence-electron chi connectivity index (χ1n) is 8.01. The molecule has 0 radical (unpaired) electrons. The molecule has 0 aromatic heterocycles. The minimum Gasteiger partial charge on any atom is -0.497 e. The van der Waals surface area contributed by atoms with E-state index in [-0.39, 0.29) is 11.5 Å². The summed E-state index contributed by atoms with van der Waals surface area (Å²) in [4.78, 5) is 0. The van der Waals surface area contributed by atoms with Crippen LogP contribution in [0.1, 0.15) is 5.56 Å². The second kappa shape index (κ2) is 10.1. The predicted octanol–water partition coefficient (Wildman–Crippen LogP) is 0.239. The number of aliphatic hydroxyl groups is 4. The maximum absolute atomic E-state index is 10.2. The largest absolute Gasteiger partial charge is 0.497 e. The van der Waals surface area contributed by atoms with Crippen LogP contribution in [0.2, 0.25) is 0 Å². The fourth-order valence-corrected chi connectivity index (χ4v) is 3.78. The summed E-state index contributed by atoms with van der Waals surface area (Å²) in [6, 6.07) is 6.83. The number of rotatable bonds is 7. The number of nitrogens with zero attached hydrogens (tertiary/aromatic N) is 1. The van der Waals surface area contributed by atoms with E-state index in [0.717, 1.165) is 11.8 Å². The van der Waals surface area contributed by atoms with E-state index >= 15 is 0 Å². The summed E-state index contributed by atoms with van der Waals surface area (Å²) in [5, 5.41) is 42.7. The van der Waals surface area contributed by atoms with Gasteiger partial charge < -0.3 is 29.9 Å². The van der Waals surface area contributed by atoms with Crippen LogP contribution in [-0.2, 0) is 15.4 Å². The molecule has 13 heteroatoms. The van der Waals surface area contributed by atoms with E-state index in [0.29, 0.717) is 11.3 Å². The molecular formula is C15H23NO10S2. The molecule has 0 spiro atoms. The average Bonchev–Trinajstić information content (AvgIpc) is 2.66. The Morgan fingerprint density at radius 2 is 1.89 bits per heavy atom. The smallest absolute Gasteiger partial charge is 0.287 e. The minimum absolute atomic E-state index is 0.0478. The fraction of sp³-hybridized carbons (Fsp3) is 0.533. The molecule has 0 saturated carbocycles. The topological polar surface area (TPSA) is 182 Å². The molecule has 1 fully saturated rings. The van der Waals surface area contributed by atoms with E-state index in [1.165, 1.54) is 7.11 Å². The van der Waals surface area contributed by atoms with Crippen molar-refractivity contribution in [3.63, 3.8) is 0 Å². The number of methoxy groups -OCH3 is 1. The molecule has 1 heterocycles. The lowest BCUT2D eigenvalue weighted by Gasteiger charge is -2.39. The van der Waals surface area contributed by atoms with Gasteiger partial charge in [-0.15, -0.1) is 0 Å². The van der Waals surface area contributed by atoms with Crippen molar-refractivity contribution in [2.24, 2.45) is 5.16 Å². The van der Waals surface area contributed by atoms with Gasteiger partial charge in [0.1, 0.15) is 40.6 Å². The number of thioether (sulfide) groups is 1. The van der Waals surface area contributed by atoms with Gasteiger partial charge in [0.2, 0.25) is 0 Å². The molecule has 1 aromatic carbocycles. The number of oxime groups is 1. The van der Waals surface area contributed by atoms with Gasteiger partial charge in [0.25, 0.3) is 11.2 Å². The van der Waals surface area contributed by atoms with Crippen molar-refractivity contribution in [3.8, 4) is 5.75 Å². The highest BCUT2D eigenvalue weighted by atomic mass is 32.3. The Hall–Kier alpha value is -1.13.